The molecule has 0 aliphatic rings. The van der Waals surface area contributed by atoms with Gasteiger partial charge >= 0.3 is 0 Å². The zero-order valence-corrected chi connectivity index (χ0v) is 13.2. The van der Waals surface area contributed by atoms with Gasteiger partial charge in [-0.2, -0.15) is 0 Å². The fourth-order valence-electron chi connectivity index (χ4n) is 1.72. The lowest BCUT2D eigenvalue weighted by molar-refractivity contribution is -0.0628. The average Bonchev–Trinajstić information content (AvgIpc) is 2.43. The van der Waals surface area contributed by atoms with Gasteiger partial charge in [0.1, 0.15) is 0 Å². The molecule has 2 N–H and O–H groups in total. The normalized spacial score (nSPS) is 15.4. The maximum atomic E-state index is 9.28. The molecule has 0 spiro atoms. The number of ether oxygens (including phenoxy) is 4. The van der Waals surface area contributed by atoms with Gasteiger partial charge in [0.2, 0.25) is 0 Å². The summed E-state index contributed by atoms with van der Waals surface area (Å²) in [5, 5.41) is 18.6. The first-order valence-electron chi connectivity index (χ1n) is 6.80. The number of methoxy groups -OCH3 is 2. The first-order valence-corrected chi connectivity index (χ1v) is 6.80. The van der Waals surface area contributed by atoms with Crippen LogP contribution in [0.15, 0.2) is 0 Å². The second kappa shape index (κ2) is 16.6. The summed E-state index contributed by atoms with van der Waals surface area (Å²) in [5.74, 6) is 0. The highest BCUT2D eigenvalue weighted by Crippen LogP contribution is 2.17. The summed E-state index contributed by atoms with van der Waals surface area (Å²) in [5.41, 5.74) is -0.769. The molecule has 2 unspecified atom stereocenters. The molecule has 0 aromatic rings. The van der Waals surface area contributed by atoms with Crippen molar-refractivity contribution in [2.24, 2.45) is 10.8 Å². The van der Waals surface area contributed by atoms with E-state index in [1.165, 1.54) is 0 Å². The van der Waals surface area contributed by atoms with E-state index in [2.05, 4.69) is 0 Å². The Morgan fingerprint density at radius 1 is 0.652 bits per heavy atom. The number of hydrogen-bond acceptors (Lipinski definition) is 6. The van der Waals surface area contributed by atoms with Crippen LogP contribution in [-0.4, -0.2) is 77.3 Å². The molecule has 0 aliphatic heterocycles. The van der Waals surface area contributed by atoms with Crippen LogP contribution in [0.3, 0.4) is 0 Å². The first-order chi connectivity index (χ1) is 9.45. The fourth-order valence-corrected chi connectivity index (χ4v) is 1.72. The van der Waals surface area contributed by atoms with Crippen LogP contribution in [0, 0.1) is 10.8 Å². The Bertz CT molecular complexity index is 215. The SMILES string of the molecule is C.C.C.COCC(C)(CO)COCCOCC(C)(CO)COC. The molecule has 146 valence electrons. The van der Waals surface area contributed by atoms with E-state index in [4.69, 9.17) is 18.9 Å². The Morgan fingerprint density at radius 2 is 0.957 bits per heavy atom. The molecule has 0 fully saturated rings. The molecule has 0 aromatic carbocycles. The summed E-state index contributed by atoms with van der Waals surface area (Å²) < 4.78 is 21.1. The van der Waals surface area contributed by atoms with Gasteiger partial charge in [0.15, 0.2) is 0 Å². The molecule has 6 nitrogen and oxygen atoms in total. The van der Waals surface area contributed by atoms with Gasteiger partial charge in [-0.15, -0.1) is 0 Å². The minimum absolute atomic E-state index is 0. The monoisotopic (exact) mass is 342 g/mol. The lowest BCUT2D eigenvalue weighted by Gasteiger charge is -2.27. The van der Waals surface area contributed by atoms with E-state index in [1.807, 2.05) is 13.8 Å². The zero-order chi connectivity index (χ0) is 15.5. The standard InChI is InChI=1S/C14H30O6.3CH4/c1-13(7-15,9-17-3)11-19-5-6-20-12-14(2,8-16)10-18-4;;;/h15-16H,5-12H2,1-4H3;3*1H4. The van der Waals surface area contributed by atoms with Gasteiger partial charge in [-0.3, -0.25) is 0 Å². The zero-order valence-electron chi connectivity index (χ0n) is 13.2. The van der Waals surface area contributed by atoms with Crippen LogP contribution in [0.5, 0.6) is 0 Å². The molecule has 0 aromatic heterocycles. The van der Waals surface area contributed by atoms with Gasteiger partial charge in [-0.25, -0.2) is 0 Å². The van der Waals surface area contributed by atoms with Crippen molar-refractivity contribution in [3.8, 4) is 0 Å². The van der Waals surface area contributed by atoms with Crippen molar-refractivity contribution in [2.75, 3.05) is 67.1 Å². The first kappa shape index (κ1) is 30.6. The Hall–Kier alpha value is -0.240. The van der Waals surface area contributed by atoms with Crippen LogP contribution in [0.2, 0.25) is 0 Å². The summed E-state index contributed by atoms with van der Waals surface area (Å²) in [6, 6.07) is 0. The highest BCUT2D eigenvalue weighted by molar-refractivity contribution is 4.73. The summed E-state index contributed by atoms with van der Waals surface area (Å²) in [7, 11) is 3.20. The maximum Gasteiger partial charge on any atom is 0.0700 e. The molecular formula is C17H42O6. The topological polar surface area (TPSA) is 77.4 Å². The number of aliphatic hydroxyl groups is 2. The number of rotatable bonds is 13. The molecule has 0 saturated heterocycles. The summed E-state index contributed by atoms with van der Waals surface area (Å²) >= 11 is 0. The highest BCUT2D eigenvalue weighted by atomic mass is 16.5. The van der Waals surface area contributed by atoms with Crippen LogP contribution >= 0.6 is 0 Å². The van der Waals surface area contributed by atoms with E-state index in [0.29, 0.717) is 39.6 Å². The predicted molar refractivity (Wildman–Crippen MR) is 96.0 cm³/mol. The summed E-state index contributed by atoms with van der Waals surface area (Å²) in [4.78, 5) is 0. The Balaban J connectivity index is -0.000000602. The quantitative estimate of drug-likeness (QED) is 0.500. The van der Waals surface area contributed by atoms with Crippen LogP contribution < -0.4 is 0 Å². The van der Waals surface area contributed by atoms with E-state index in [1.54, 1.807) is 14.2 Å². The van der Waals surface area contributed by atoms with Gasteiger partial charge in [0.05, 0.1) is 52.9 Å². The van der Waals surface area contributed by atoms with Crippen LogP contribution in [0.1, 0.15) is 36.1 Å². The molecule has 0 amide bonds. The van der Waals surface area contributed by atoms with Gasteiger partial charge in [0.25, 0.3) is 0 Å². The van der Waals surface area contributed by atoms with Crippen molar-refractivity contribution in [1.82, 2.24) is 0 Å². The number of aliphatic hydroxyl groups excluding tert-OH is 2. The van der Waals surface area contributed by atoms with E-state index in [-0.39, 0.29) is 46.3 Å². The third-order valence-corrected chi connectivity index (χ3v) is 3.02. The van der Waals surface area contributed by atoms with Crippen molar-refractivity contribution in [2.45, 2.75) is 36.1 Å². The van der Waals surface area contributed by atoms with Gasteiger partial charge in [-0.1, -0.05) is 36.1 Å². The Kier molecular flexibility index (Phi) is 22.1. The lowest BCUT2D eigenvalue weighted by Crippen LogP contribution is -2.34. The fraction of sp³-hybridized carbons (Fsp3) is 1.00. The molecule has 0 heterocycles. The second-order valence-corrected chi connectivity index (χ2v) is 5.91. The smallest absolute Gasteiger partial charge is 0.0700 e. The van der Waals surface area contributed by atoms with Crippen LogP contribution in [-0.2, 0) is 18.9 Å². The largest absolute Gasteiger partial charge is 0.396 e. The molecule has 0 saturated carbocycles. The minimum Gasteiger partial charge on any atom is -0.396 e. The van der Waals surface area contributed by atoms with Crippen molar-refractivity contribution >= 4 is 0 Å². The minimum atomic E-state index is -0.385. The van der Waals surface area contributed by atoms with Gasteiger partial charge in [-0.05, 0) is 0 Å². The molecule has 0 aliphatic carbocycles. The predicted octanol–water partition coefficient (Wildman–Crippen LogP) is 2.22. The van der Waals surface area contributed by atoms with E-state index in [0.717, 1.165) is 0 Å². The molecule has 0 rings (SSSR count). The van der Waals surface area contributed by atoms with Crippen molar-refractivity contribution < 1.29 is 29.2 Å². The van der Waals surface area contributed by atoms with Crippen molar-refractivity contribution in [3.05, 3.63) is 0 Å². The van der Waals surface area contributed by atoms with E-state index >= 15 is 0 Å². The number of hydrogen-bond donors (Lipinski definition) is 2. The lowest BCUT2D eigenvalue weighted by atomic mass is 9.94. The second-order valence-electron chi connectivity index (χ2n) is 5.91. The molecule has 23 heavy (non-hydrogen) atoms. The molecule has 0 bridgehead atoms. The highest BCUT2D eigenvalue weighted by Gasteiger charge is 2.25. The van der Waals surface area contributed by atoms with Gasteiger partial charge in [0, 0.05) is 25.0 Å². The third-order valence-electron chi connectivity index (χ3n) is 3.02. The molecule has 6 heteroatoms. The average molecular weight is 343 g/mol. The summed E-state index contributed by atoms with van der Waals surface area (Å²) in [6.45, 7) is 6.42. The Morgan fingerprint density at radius 3 is 1.17 bits per heavy atom. The van der Waals surface area contributed by atoms with Crippen LogP contribution in [0.25, 0.3) is 0 Å². The van der Waals surface area contributed by atoms with E-state index in [9.17, 15) is 10.2 Å². The third kappa shape index (κ3) is 13.9. The van der Waals surface area contributed by atoms with Crippen molar-refractivity contribution in [3.63, 3.8) is 0 Å². The Labute approximate surface area is 144 Å². The van der Waals surface area contributed by atoms with Crippen LogP contribution in [0.4, 0.5) is 0 Å². The van der Waals surface area contributed by atoms with Gasteiger partial charge < -0.3 is 29.2 Å². The summed E-state index contributed by atoms with van der Waals surface area (Å²) in [6.07, 6.45) is 0. The molecule has 2 atom stereocenters. The molecular weight excluding hydrogens is 300 g/mol. The molecule has 0 radical (unpaired) electrons. The van der Waals surface area contributed by atoms with E-state index < -0.39 is 0 Å². The van der Waals surface area contributed by atoms with Crippen molar-refractivity contribution in [1.29, 1.82) is 0 Å². The maximum absolute atomic E-state index is 9.28.